The molecule has 0 radical (unpaired) electrons. The normalized spacial score (nSPS) is 16.1. The zero-order valence-electron chi connectivity index (χ0n) is 11.7. The Labute approximate surface area is 114 Å². The Bertz CT molecular complexity index is 441. The lowest BCUT2D eigenvalue weighted by atomic mass is 9.95. The van der Waals surface area contributed by atoms with Gasteiger partial charge in [0, 0.05) is 12.2 Å². The molecule has 0 unspecified atom stereocenters. The van der Waals surface area contributed by atoms with Gasteiger partial charge in [0.15, 0.2) is 0 Å². The van der Waals surface area contributed by atoms with E-state index in [0.29, 0.717) is 11.9 Å². The van der Waals surface area contributed by atoms with Gasteiger partial charge >= 0.3 is 0 Å². The number of amides is 1. The maximum absolute atomic E-state index is 11.9. The summed E-state index contributed by atoms with van der Waals surface area (Å²) >= 11 is 0. The molecule has 1 aliphatic carbocycles. The van der Waals surface area contributed by atoms with Gasteiger partial charge < -0.3 is 10.6 Å². The minimum Gasteiger partial charge on any atom is -0.359 e. The van der Waals surface area contributed by atoms with E-state index < -0.39 is 0 Å². The van der Waals surface area contributed by atoms with Gasteiger partial charge in [0.2, 0.25) is 5.91 Å². The minimum absolute atomic E-state index is 0.0367. The summed E-state index contributed by atoms with van der Waals surface area (Å²) in [7, 11) is 0. The van der Waals surface area contributed by atoms with Crippen molar-refractivity contribution in [2.45, 2.75) is 52.0 Å². The van der Waals surface area contributed by atoms with Crippen molar-refractivity contribution in [3.05, 3.63) is 17.6 Å². The molecule has 104 valence electrons. The molecule has 1 amide bonds. The lowest BCUT2D eigenvalue weighted by Gasteiger charge is -2.22. The Balaban J connectivity index is 1.81. The average molecular weight is 262 g/mol. The van der Waals surface area contributed by atoms with E-state index in [-0.39, 0.29) is 12.5 Å². The first-order valence-corrected chi connectivity index (χ1v) is 6.98. The molecule has 0 spiro atoms. The van der Waals surface area contributed by atoms with E-state index in [1.807, 2.05) is 13.8 Å². The molecule has 2 rings (SSSR count). The van der Waals surface area contributed by atoms with Gasteiger partial charge in [-0.2, -0.15) is 0 Å². The second-order valence-corrected chi connectivity index (χ2v) is 5.20. The molecule has 1 fully saturated rings. The highest BCUT2D eigenvalue weighted by Crippen LogP contribution is 2.17. The van der Waals surface area contributed by atoms with Crippen LogP contribution in [0.15, 0.2) is 6.20 Å². The monoisotopic (exact) mass is 262 g/mol. The maximum atomic E-state index is 11.9. The maximum Gasteiger partial charge on any atom is 0.239 e. The van der Waals surface area contributed by atoms with Crippen LogP contribution in [0.2, 0.25) is 0 Å². The summed E-state index contributed by atoms with van der Waals surface area (Å²) in [4.78, 5) is 20.4. The van der Waals surface area contributed by atoms with Crippen LogP contribution in [-0.2, 0) is 4.79 Å². The van der Waals surface area contributed by atoms with Gasteiger partial charge in [0.05, 0.1) is 17.9 Å². The molecule has 1 aromatic heterocycles. The summed E-state index contributed by atoms with van der Waals surface area (Å²) in [5.41, 5.74) is 1.66. The number of hydrogen-bond acceptors (Lipinski definition) is 4. The van der Waals surface area contributed by atoms with E-state index in [2.05, 4.69) is 20.6 Å². The van der Waals surface area contributed by atoms with Gasteiger partial charge in [-0.1, -0.05) is 19.3 Å². The Morgan fingerprint density at radius 1 is 1.32 bits per heavy atom. The van der Waals surface area contributed by atoms with Crippen LogP contribution in [0.3, 0.4) is 0 Å². The Morgan fingerprint density at radius 2 is 2.05 bits per heavy atom. The number of aromatic nitrogens is 2. The molecule has 1 saturated carbocycles. The number of anilines is 1. The largest absolute Gasteiger partial charge is 0.359 e. The van der Waals surface area contributed by atoms with Crippen molar-refractivity contribution in [3.8, 4) is 0 Å². The van der Waals surface area contributed by atoms with Crippen LogP contribution in [0.25, 0.3) is 0 Å². The summed E-state index contributed by atoms with van der Waals surface area (Å²) < 4.78 is 0. The summed E-state index contributed by atoms with van der Waals surface area (Å²) in [5, 5.41) is 6.13. The molecule has 0 atom stereocenters. The van der Waals surface area contributed by atoms with E-state index >= 15 is 0 Å². The smallest absolute Gasteiger partial charge is 0.239 e. The summed E-state index contributed by atoms with van der Waals surface area (Å²) in [6.45, 7) is 4.03. The standard InChI is InChI=1S/C14H22N4O/c1-10-8-15-11(2)14(17-10)16-9-13(19)18-12-6-4-3-5-7-12/h8,12H,3-7,9H2,1-2H3,(H,16,17)(H,18,19). The van der Waals surface area contributed by atoms with Crippen molar-refractivity contribution in [1.82, 2.24) is 15.3 Å². The number of hydrogen-bond donors (Lipinski definition) is 2. The van der Waals surface area contributed by atoms with Gasteiger partial charge in [0.1, 0.15) is 5.82 Å². The highest BCUT2D eigenvalue weighted by atomic mass is 16.2. The Hall–Kier alpha value is -1.65. The van der Waals surface area contributed by atoms with E-state index in [4.69, 9.17) is 0 Å². The second-order valence-electron chi connectivity index (χ2n) is 5.20. The van der Waals surface area contributed by atoms with Gasteiger partial charge in [-0.25, -0.2) is 4.98 Å². The number of nitrogens with zero attached hydrogens (tertiary/aromatic N) is 2. The molecule has 0 aliphatic heterocycles. The molecular formula is C14H22N4O. The molecule has 1 aliphatic rings. The van der Waals surface area contributed by atoms with Crippen molar-refractivity contribution in [2.75, 3.05) is 11.9 Å². The molecular weight excluding hydrogens is 240 g/mol. The van der Waals surface area contributed by atoms with Crippen LogP contribution in [0.4, 0.5) is 5.82 Å². The third-order valence-corrected chi connectivity index (χ3v) is 3.46. The first kappa shape index (κ1) is 13.8. The van der Waals surface area contributed by atoms with Gasteiger partial charge in [0.25, 0.3) is 0 Å². The first-order valence-electron chi connectivity index (χ1n) is 6.98. The fourth-order valence-electron chi connectivity index (χ4n) is 2.39. The molecule has 5 nitrogen and oxygen atoms in total. The molecule has 1 heterocycles. The fraction of sp³-hybridized carbons (Fsp3) is 0.643. The van der Waals surface area contributed by atoms with E-state index in [0.717, 1.165) is 24.2 Å². The first-order chi connectivity index (χ1) is 9.15. The van der Waals surface area contributed by atoms with Crippen molar-refractivity contribution in [1.29, 1.82) is 0 Å². The predicted molar refractivity (Wildman–Crippen MR) is 75.0 cm³/mol. The van der Waals surface area contributed by atoms with Crippen molar-refractivity contribution in [3.63, 3.8) is 0 Å². The molecule has 5 heteroatoms. The highest BCUT2D eigenvalue weighted by Gasteiger charge is 2.15. The van der Waals surface area contributed by atoms with Crippen molar-refractivity contribution < 1.29 is 4.79 Å². The molecule has 0 bridgehead atoms. The molecule has 19 heavy (non-hydrogen) atoms. The summed E-state index contributed by atoms with van der Waals surface area (Å²) in [6, 6.07) is 0.354. The fourth-order valence-corrected chi connectivity index (χ4v) is 2.39. The number of nitrogens with one attached hydrogen (secondary N) is 2. The highest BCUT2D eigenvalue weighted by molar-refractivity contribution is 5.80. The van der Waals surface area contributed by atoms with Crippen LogP contribution in [0.5, 0.6) is 0 Å². The number of aryl methyl sites for hydroxylation is 2. The zero-order chi connectivity index (χ0) is 13.7. The van der Waals surface area contributed by atoms with E-state index in [9.17, 15) is 4.79 Å². The quantitative estimate of drug-likeness (QED) is 0.870. The Morgan fingerprint density at radius 3 is 2.79 bits per heavy atom. The molecule has 0 saturated heterocycles. The summed E-state index contributed by atoms with van der Waals surface area (Å²) in [6.07, 6.45) is 7.68. The van der Waals surface area contributed by atoms with E-state index in [1.54, 1.807) is 6.20 Å². The van der Waals surface area contributed by atoms with Crippen LogP contribution in [0, 0.1) is 13.8 Å². The molecule has 2 N–H and O–H groups in total. The zero-order valence-corrected chi connectivity index (χ0v) is 11.7. The van der Waals surface area contributed by atoms with Crippen LogP contribution in [-0.4, -0.2) is 28.5 Å². The van der Waals surface area contributed by atoms with Crippen molar-refractivity contribution in [2.24, 2.45) is 0 Å². The third-order valence-electron chi connectivity index (χ3n) is 3.46. The second kappa shape index (κ2) is 6.50. The number of rotatable bonds is 4. The topological polar surface area (TPSA) is 66.9 Å². The van der Waals surface area contributed by atoms with Crippen molar-refractivity contribution >= 4 is 11.7 Å². The van der Waals surface area contributed by atoms with E-state index in [1.165, 1.54) is 19.3 Å². The van der Waals surface area contributed by atoms with Gasteiger partial charge in [-0.15, -0.1) is 0 Å². The average Bonchev–Trinajstić information content (AvgIpc) is 2.41. The number of carbonyl (C=O) groups excluding carboxylic acids is 1. The molecule has 0 aromatic carbocycles. The van der Waals surface area contributed by atoms with Gasteiger partial charge in [-0.05, 0) is 26.7 Å². The summed E-state index contributed by atoms with van der Waals surface area (Å²) in [5.74, 6) is 0.730. The predicted octanol–water partition coefficient (Wildman–Crippen LogP) is 1.95. The SMILES string of the molecule is Cc1cnc(C)c(NCC(=O)NC2CCCCC2)n1. The lowest BCUT2D eigenvalue weighted by molar-refractivity contribution is -0.120. The third kappa shape index (κ3) is 4.19. The van der Waals surface area contributed by atoms with Crippen LogP contribution < -0.4 is 10.6 Å². The number of carbonyl (C=O) groups is 1. The Kier molecular flexibility index (Phi) is 4.71. The molecule has 1 aromatic rings. The minimum atomic E-state index is 0.0367. The van der Waals surface area contributed by atoms with Gasteiger partial charge in [-0.3, -0.25) is 9.78 Å². The van der Waals surface area contributed by atoms with Crippen LogP contribution in [0.1, 0.15) is 43.5 Å². The lowest BCUT2D eigenvalue weighted by Crippen LogP contribution is -2.39. The van der Waals surface area contributed by atoms with Crippen LogP contribution >= 0.6 is 0 Å².